The molecule has 0 unspecified atom stereocenters. The Hall–Kier alpha value is -2.37. The Balaban J connectivity index is 1.40. The van der Waals surface area contributed by atoms with Gasteiger partial charge in [0.1, 0.15) is 11.6 Å². The molecule has 132 valence electrons. The molecule has 0 fully saturated rings. The molecule has 2 aromatic rings. The number of rotatable bonds is 3. The van der Waals surface area contributed by atoms with Gasteiger partial charge in [0.15, 0.2) is 0 Å². The third-order valence-corrected chi connectivity index (χ3v) is 5.13. The van der Waals surface area contributed by atoms with Gasteiger partial charge in [-0.3, -0.25) is 4.79 Å². The summed E-state index contributed by atoms with van der Waals surface area (Å²) in [4.78, 5) is 12.6. The minimum atomic E-state index is -0.112. The van der Waals surface area contributed by atoms with Gasteiger partial charge in [-0.05, 0) is 43.2 Å². The van der Waals surface area contributed by atoms with Crippen molar-refractivity contribution >= 4 is 5.91 Å². The molecule has 0 bridgehead atoms. The molecule has 1 atom stereocenters. The van der Waals surface area contributed by atoms with E-state index in [9.17, 15) is 4.79 Å². The van der Waals surface area contributed by atoms with Crippen LogP contribution in [-0.2, 0) is 19.4 Å². The van der Waals surface area contributed by atoms with E-state index in [2.05, 4.69) is 21.6 Å². The fraction of sp³-hybridized carbons (Fsp3) is 0.526. The van der Waals surface area contributed by atoms with Gasteiger partial charge in [0.2, 0.25) is 5.82 Å². The first-order valence-corrected chi connectivity index (χ1v) is 9.22. The topological polar surface area (TPSA) is 69.0 Å². The van der Waals surface area contributed by atoms with E-state index in [1.54, 1.807) is 0 Å². The number of aromatic nitrogens is 3. The van der Waals surface area contributed by atoms with E-state index >= 15 is 0 Å². The maximum absolute atomic E-state index is 12.6. The molecular weight excluding hydrogens is 316 g/mol. The minimum Gasteiger partial charge on any atom is -0.493 e. The second-order valence-corrected chi connectivity index (χ2v) is 6.93. The Morgan fingerprint density at radius 2 is 2.16 bits per heavy atom. The van der Waals surface area contributed by atoms with Gasteiger partial charge in [-0.25, -0.2) is 0 Å². The first-order chi connectivity index (χ1) is 12.3. The van der Waals surface area contributed by atoms with Gasteiger partial charge in [0.05, 0.1) is 6.61 Å². The minimum absolute atomic E-state index is 0.112. The predicted octanol–water partition coefficient (Wildman–Crippen LogP) is 2.38. The Bertz CT molecular complexity index is 756. The predicted molar refractivity (Wildman–Crippen MR) is 93.7 cm³/mol. The smallest absolute Gasteiger partial charge is 0.289 e. The molecular formula is C19H24N4O2. The number of amides is 1. The van der Waals surface area contributed by atoms with Crippen LogP contribution in [0.15, 0.2) is 24.3 Å². The SMILES string of the molecule is O=C(NC[C@H]1CCOc2ccccc2C1)c1nnc2n1CCCCC2. The lowest BCUT2D eigenvalue weighted by atomic mass is 9.97. The summed E-state index contributed by atoms with van der Waals surface area (Å²) in [6.45, 7) is 2.17. The molecule has 2 aliphatic rings. The number of ether oxygens (including phenoxy) is 1. The van der Waals surface area contributed by atoms with E-state index in [0.29, 0.717) is 24.9 Å². The first-order valence-electron chi connectivity index (χ1n) is 9.22. The Morgan fingerprint density at radius 3 is 3.12 bits per heavy atom. The molecule has 6 heteroatoms. The van der Waals surface area contributed by atoms with Gasteiger partial charge in [-0.15, -0.1) is 10.2 Å². The summed E-state index contributed by atoms with van der Waals surface area (Å²) in [7, 11) is 0. The van der Waals surface area contributed by atoms with Gasteiger partial charge in [0.25, 0.3) is 5.91 Å². The molecule has 0 aliphatic carbocycles. The number of para-hydroxylation sites is 1. The van der Waals surface area contributed by atoms with Crippen molar-refractivity contribution in [3.8, 4) is 5.75 Å². The fourth-order valence-corrected chi connectivity index (χ4v) is 3.71. The molecule has 2 aliphatic heterocycles. The zero-order chi connectivity index (χ0) is 17.1. The van der Waals surface area contributed by atoms with Gasteiger partial charge in [-0.1, -0.05) is 24.6 Å². The van der Waals surface area contributed by atoms with Crippen LogP contribution in [0, 0.1) is 5.92 Å². The quantitative estimate of drug-likeness (QED) is 0.931. The number of benzene rings is 1. The third-order valence-electron chi connectivity index (χ3n) is 5.13. The lowest BCUT2D eigenvalue weighted by molar-refractivity contribution is 0.0930. The standard InChI is InChI=1S/C19H24N4O2/c24-19(18-22-21-17-8-2-1-5-10-23(17)18)20-13-14-9-11-25-16-7-4-3-6-15(16)12-14/h3-4,6-7,14H,1-2,5,8-13H2,(H,20,24)/t14-/m0/s1. The van der Waals surface area contributed by atoms with Crippen molar-refractivity contribution in [3.05, 3.63) is 41.5 Å². The zero-order valence-corrected chi connectivity index (χ0v) is 14.4. The van der Waals surface area contributed by atoms with Crippen LogP contribution in [0.2, 0.25) is 0 Å². The van der Waals surface area contributed by atoms with Crippen molar-refractivity contribution in [1.82, 2.24) is 20.1 Å². The Labute approximate surface area is 147 Å². The molecule has 0 saturated carbocycles. The van der Waals surface area contributed by atoms with E-state index in [1.165, 1.54) is 12.0 Å². The maximum atomic E-state index is 12.6. The van der Waals surface area contributed by atoms with Crippen LogP contribution >= 0.6 is 0 Å². The zero-order valence-electron chi connectivity index (χ0n) is 14.4. The molecule has 0 saturated heterocycles. The lowest BCUT2D eigenvalue weighted by Crippen LogP contribution is -2.32. The highest BCUT2D eigenvalue weighted by molar-refractivity contribution is 5.90. The molecule has 1 N–H and O–H groups in total. The van der Waals surface area contributed by atoms with Crippen molar-refractivity contribution in [2.75, 3.05) is 13.2 Å². The number of carbonyl (C=O) groups excluding carboxylic acids is 1. The van der Waals surface area contributed by atoms with Crippen molar-refractivity contribution in [1.29, 1.82) is 0 Å². The monoisotopic (exact) mass is 340 g/mol. The molecule has 25 heavy (non-hydrogen) atoms. The van der Waals surface area contributed by atoms with Crippen molar-refractivity contribution in [3.63, 3.8) is 0 Å². The third kappa shape index (κ3) is 3.52. The molecule has 3 heterocycles. The van der Waals surface area contributed by atoms with Crippen LogP contribution in [-0.4, -0.2) is 33.8 Å². The fourth-order valence-electron chi connectivity index (χ4n) is 3.71. The normalized spacial score (nSPS) is 19.8. The molecule has 1 amide bonds. The highest BCUT2D eigenvalue weighted by Gasteiger charge is 2.22. The highest BCUT2D eigenvalue weighted by Crippen LogP contribution is 2.26. The largest absolute Gasteiger partial charge is 0.493 e. The van der Waals surface area contributed by atoms with E-state index in [4.69, 9.17) is 4.74 Å². The van der Waals surface area contributed by atoms with E-state index < -0.39 is 0 Å². The molecule has 6 nitrogen and oxygen atoms in total. The van der Waals surface area contributed by atoms with Gasteiger partial charge in [-0.2, -0.15) is 0 Å². The Kier molecular flexibility index (Phi) is 4.68. The molecule has 0 spiro atoms. The number of hydrogen-bond acceptors (Lipinski definition) is 4. The van der Waals surface area contributed by atoms with E-state index in [0.717, 1.165) is 50.2 Å². The molecule has 4 rings (SSSR count). The summed E-state index contributed by atoms with van der Waals surface area (Å²) in [6.07, 6.45) is 6.17. The van der Waals surface area contributed by atoms with E-state index in [-0.39, 0.29) is 5.91 Å². The summed E-state index contributed by atoms with van der Waals surface area (Å²) in [6, 6.07) is 8.15. The molecule has 0 radical (unpaired) electrons. The average molecular weight is 340 g/mol. The number of fused-ring (bicyclic) bond motifs is 2. The maximum Gasteiger partial charge on any atom is 0.289 e. The number of nitrogens with one attached hydrogen (secondary N) is 1. The molecule has 1 aromatic heterocycles. The number of nitrogens with zero attached hydrogens (tertiary/aromatic N) is 3. The summed E-state index contributed by atoms with van der Waals surface area (Å²) >= 11 is 0. The van der Waals surface area contributed by atoms with Crippen molar-refractivity contribution in [2.45, 2.75) is 45.1 Å². The van der Waals surface area contributed by atoms with Crippen LogP contribution in [0.5, 0.6) is 5.75 Å². The number of hydrogen-bond donors (Lipinski definition) is 1. The van der Waals surface area contributed by atoms with E-state index in [1.807, 2.05) is 22.8 Å². The second-order valence-electron chi connectivity index (χ2n) is 6.93. The van der Waals surface area contributed by atoms with Crippen LogP contribution in [0.3, 0.4) is 0 Å². The summed E-state index contributed by atoms with van der Waals surface area (Å²) in [5.41, 5.74) is 1.22. The van der Waals surface area contributed by atoms with Gasteiger partial charge < -0.3 is 14.6 Å². The van der Waals surface area contributed by atoms with Gasteiger partial charge in [0, 0.05) is 19.5 Å². The molecule has 1 aromatic carbocycles. The van der Waals surface area contributed by atoms with Gasteiger partial charge >= 0.3 is 0 Å². The van der Waals surface area contributed by atoms with Crippen LogP contribution in [0.25, 0.3) is 0 Å². The van der Waals surface area contributed by atoms with Crippen LogP contribution in [0.4, 0.5) is 0 Å². The number of carbonyl (C=O) groups is 1. The lowest BCUT2D eigenvalue weighted by Gasteiger charge is -2.14. The van der Waals surface area contributed by atoms with Crippen molar-refractivity contribution in [2.24, 2.45) is 5.92 Å². The van der Waals surface area contributed by atoms with Crippen LogP contribution in [0.1, 0.15) is 47.7 Å². The number of aryl methyl sites for hydroxylation is 1. The Morgan fingerprint density at radius 1 is 1.24 bits per heavy atom. The van der Waals surface area contributed by atoms with Crippen LogP contribution < -0.4 is 10.1 Å². The summed E-state index contributed by atoms with van der Waals surface area (Å²) in [5.74, 6) is 2.64. The highest BCUT2D eigenvalue weighted by atomic mass is 16.5. The second kappa shape index (κ2) is 7.25. The average Bonchev–Trinajstić information content (AvgIpc) is 2.80. The first kappa shape index (κ1) is 16.1. The van der Waals surface area contributed by atoms with Crippen molar-refractivity contribution < 1.29 is 9.53 Å². The summed E-state index contributed by atoms with van der Waals surface area (Å²) < 4.78 is 7.80. The summed E-state index contributed by atoms with van der Waals surface area (Å²) in [5, 5.41) is 11.4.